The quantitative estimate of drug-likeness (QED) is 0.646. The van der Waals surface area contributed by atoms with Crippen molar-refractivity contribution < 1.29 is 4.74 Å². The van der Waals surface area contributed by atoms with Crippen LogP contribution in [0.5, 0.6) is 0 Å². The molecule has 0 aromatic heterocycles. The minimum Gasteiger partial charge on any atom is -0.372 e. The van der Waals surface area contributed by atoms with E-state index in [4.69, 9.17) is 4.74 Å². The summed E-state index contributed by atoms with van der Waals surface area (Å²) in [5.41, 5.74) is 2.37. The Morgan fingerprint density at radius 2 is 1.93 bits per heavy atom. The Morgan fingerprint density at radius 1 is 1.29 bits per heavy atom. The zero-order valence-corrected chi connectivity index (χ0v) is 8.99. The third kappa shape index (κ3) is 3.75. The number of hydrogen-bond acceptors (Lipinski definition) is 1. The molecule has 0 fully saturated rings. The molecule has 0 unspecified atom stereocenters. The number of ether oxygens (including phenoxy) is 1. The highest BCUT2D eigenvalue weighted by atomic mass is 16.5. The van der Waals surface area contributed by atoms with Gasteiger partial charge in [0, 0.05) is 0 Å². The van der Waals surface area contributed by atoms with Gasteiger partial charge in [0.05, 0.1) is 13.2 Å². The lowest BCUT2D eigenvalue weighted by Gasteiger charge is -2.09. The van der Waals surface area contributed by atoms with Crippen LogP contribution in [0, 0.1) is 5.92 Å². The van der Waals surface area contributed by atoms with Gasteiger partial charge in [-0.15, -0.1) is 0 Å². The van der Waals surface area contributed by atoms with E-state index in [1.165, 1.54) is 5.56 Å². The topological polar surface area (TPSA) is 9.23 Å². The van der Waals surface area contributed by atoms with Gasteiger partial charge in [-0.1, -0.05) is 50.8 Å². The van der Waals surface area contributed by atoms with E-state index in [0.29, 0.717) is 19.1 Å². The van der Waals surface area contributed by atoms with Gasteiger partial charge in [-0.05, 0) is 17.1 Å². The third-order valence-corrected chi connectivity index (χ3v) is 2.22. The SMILES string of the molecule is C=C(COCc1ccccc1)C(C)C. The lowest BCUT2D eigenvalue weighted by atomic mass is 10.1. The summed E-state index contributed by atoms with van der Waals surface area (Å²) < 4.78 is 5.54. The summed E-state index contributed by atoms with van der Waals surface area (Å²) in [6.45, 7) is 9.56. The van der Waals surface area contributed by atoms with Gasteiger partial charge in [-0.3, -0.25) is 0 Å². The number of benzene rings is 1. The molecule has 1 heteroatoms. The highest BCUT2D eigenvalue weighted by Gasteiger charge is 1.99. The van der Waals surface area contributed by atoms with E-state index in [1.54, 1.807) is 0 Å². The summed E-state index contributed by atoms with van der Waals surface area (Å²) in [5.74, 6) is 0.505. The first-order chi connectivity index (χ1) is 6.70. The average Bonchev–Trinajstić information content (AvgIpc) is 2.19. The second kappa shape index (κ2) is 5.61. The Hall–Kier alpha value is -1.08. The predicted molar refractivity (Wildman–Crippen MR) is 60.1 cm³/mol. The van der Waals surface area contributed by atoms with Crippen LogP contribution >= 0.6 is 0 Å². The molecule has 0 aliphatic rings. The van der Waals surface area contributed by atoms with Crippen LogP contribution in [0.15, 0.2) is 42.5 Å². The second-order valence-corrected chi connectivity index (χ2v) is 3.79. The molecule has 0 bridgehead atoms. The van der Waals surface area contributed by atoms with Crippen LogP contribution in [0.4, 0.5) is 0 Å². The van der Waals surface area contributed by atoms with Crippen molar-refractivity contribution in [1.29, 1.82) is 0 Å². The smallest absolute Gasteiger partial charge is 0.0721 e. The van der Waals surface area contributed by atoms with Gasteiger partial charge in [-0.25, -0.2) is 0 Å². The van der Waals surface area contributed by atoms with Crippen molar-refractivity contribution in [1.82, 2.24) is 0 Å². The van der Waals surface area contributed by atoms with E-state index in [2.05, 4.69) is 32.6 Å². The molecule has 1 aromatic carbocycles. The molecule has 76 valence electrons. The van der Waals surface area contributed by atoms with Crippen molar-refractivity contribution in [3.05, 3.63) is 48.0 Å². The van der Waals surface area contributed by atoms with E-state index < -0.39 is 0 Å². The van der Waals surface area contributed by atoms with Crippen molar-refractivity contribution in [3.8, 4) is 0 Å². The maximum Gasteiger partial charge on any atom is 0.0721 e. The van der Waals surface area contributed by atoms with Crippen molar-refractivity contribution in [2.45, 2.75) is 20.5 Å². The molecule has 0 radical (unpaired) electrons. The third-order valence-electron chi connectivity index (χ3n) is 2.22. The average molecular weight is 190 g/mol. The molecule has 0 N–H and O–H groups in total. The van der Waals surface area contributed by atoms with Crippen LogP contribution in [0.25, 0.3) is 0 Å². The van der Waals surface area contributed by atoms with Crippen molar-refractivity contribution in [2.75, 3.05) is 6.61 Å². The summed E-state index contributed by atoms with van der Waals surface area (Å²) in [4.78, 5) is 0. The van der Waals surface area contributed by atoms with E-state index in [1.807, 2.05) is 18.2 Å². The van der Waals surface area contributed by atoms with Gasteiger partial charge in [0.15, 0.2) is 0 Å². The molecular weight excluding hydrogens is 172 g/mol. The molecule has 1 rings (SSSR count). The van der Waals surface area contributed by atoms with Gasteiger partial charge in [-0.2, -0.15) is 0 Å². The zero-order valence-electron chi connectivity index (χ0n) is 8.99. The van der Waals surface area contributed by atoms with Crippen LogP contribution in [0.3, 0.4) is 0 Å². The van der Waals surface area contributed by atoms with Gasteiger partial charge >= 0.3 is 0 Å². The van der Waals surface area contributed by atoms with E-state index >= 15 is 0 Å². The maximum atomic E-state index is 5.54. The summed E-state index contributed by atoms with van der Waals surface area (Å²) in [6.07, 6.45) is 0. The zero-order chi connectivity index (χ0) is 10.4. The molecular formula is C13H18O. The standard InChI is InChI=1S/C13H18O/c1-11(2)12(3)9-14-10-13-7-5-4-6-8-13/h4-8,11H,3,9-10H2,1-2H3. The number of rotatable bonds is 5. The molecule has 1 nitrogen and oxygen atoms in total. The lowest BCUT2D eigenvalue weighted by molar-refractivity contribution is 0.138. The van der Waals surface area contributed by atoms with Crippen LogP contribution in [0.1, 0.15) is 19.4 Å². The summed E-state index contributed by atoms with van der Waals surface area (Å²) >= 11 is 0. The van der Waals surface area contributed by atoms with Crippen LogP contribution in [-0.4, -0.2) is 6.61 Å². The monoisotopic (exact) mass is 190 g/mol. The summed E-state index contributed by atoms with van der Waals surface area (Å²) in [5, 5.41) is 0. The molecule has 0 heterocycles. The Labute approximate surface area is 86.4 Å². The molecule has 1 aromatic rings. The first-order valence-electron chi connectivity index (χ1n) is 4.99. The van der Waals surface area contributed by atoms with Gasteiger partial charge in [0.1, 0.15) is 0 Å². The van der Waals surface area contributed by atoms with E-state index in [9.17, 15) is 0 Å². The fraction of sp³-hybridized carbons (Fsp3) is 0.385. The van der Waals surface area contributed by atoms with Gasteiger partial charge in [0.25, 0.3) is 0 Å². The van der Waals surface area contributed by atoms with Gasteiger partial charge < -0.3 is 4.74 Å². The fourth-order valence-electron chi connectivity index (χ4n) is 1.04. The predicted octanol–water partition coefficient (Wildman–Crippen LogP) is 3.42. The van der Waals surface area contributed by atoms with Crippen LogP contribution in [0.2, 0.25) is 0 Å². The van der Waals surface area contributed by atoms with Crippen molar-refractivity contribution >= 4 is 0 Å². The fourth-order valence-corrected chi connectivity index (χ4v) is 1.04. The Kier molecular flexibility index (Phi) is 4.41. The van der Waals surface area contributed by atoms with E-state index in [0.717, 1.165) is 5.57 Å². The highest BCUT2D eigenvalue weighted by molar-refractivity contribution is 5.13. The molecule has 0 saturated heterocycles. The normalized spacial score (nSPS) is 10.5. The Morgan fingerprint density at radius 3 is 2.50 bits per heavy atom. The summed E-state index contributed by atoms with van der Waals surface area (Å²) in [6, 6.07) is 10.2. The first-order valence-corrected chi connectivity index (χ1v) is 4.99. The highest BCUT2D eigenvalue weighted by Crippen LogP contribution is 2.08. The Bertz CT molecular complexity index is 275. The largest absolute Gasteiger partial charge is 0.372 e. The minimum atomic E-state index is 0.505. The van der Waals surface area contributed by atoms with Crippen LogP contribution < -0.4 is 0 Å². The molecule has 0 aliphatic heterocycles. The van der Waals surface area contributed by atoms with Crippen LogP contribution in [-0.2, 0) is 11.3 Å². The molecule has 0 spiro atoms. The Balaban J connectivity index is 2.26. The van der Waals surface area contributed by atoms with Crippen molar-refractivity contribution in [2.24, 2.45) is 5.92 Å². The van der Waals surface area contributed by atoms with E-state index in [-0.39, 0.29) is 0 Å². The van der Waals surface area contributed by atoms with Gasteiger partial charge in [0.2, 0.25) is 0 Å². The molecule has 0 aliphatic carbocycles. The summed E-state index contributed by atoms with van der Waals surface area (Å²) in [7, 11) is 0. The molecule has 0 amide bonds. The first kappa shape index (κ1) is 11.0. The maximum absolute atomic E-state index is 5.54. The second-order valence-electron chi connectivity index (χ2n) is 3.79. The number of hydrogen-bond donors (Lipinski definition) is 0. The molecule has 0 saturated carbocycles. The van der Waals surface area contributed by atoms with Crippen molar-refractivity contribution in [3.63, 3.8) is 0 Å². The molecule has 14 heavy (non-hydrogen) atoms. The minimum absolute atomic E-state index is 0.505. The molecule has 0 atom stereocenters. The lowest BCUT2D eigenvalue weighted by Crippen LogP contribution is -2.02.